The Labute approximate surface area is 267 Å². The molecule has 1 heteroatoms. The summed E-state index contributed by atoms with van der Waals surface area (Å²) in [5.41, 5.74) is 7.74. The Morgan fingerprint density at radius 2 is 0.822 bits per heavy atom. The zero-order valence-corrected chi connectivity index (χ0v) is 24.3. The summed E-state index contributed by atoms with van der Waals surface area (Å²) < 4.78 is 43.4. The van der Waals surface area contributed by atoms with Gasteiger partial charge in [-0.15, -0.1) is 0 Å². The molecule has 0 atom stereocenters. The standard InChI is InChI=1S/C44H28O/c1-3-13-29(14-4-1)31-23-25-32(26-24-31)42-34-17-7-9-19-36(34)43(37-20-10-8-18-35(37)42)39-27-33(30-15-5-2-6-16-30)28-41-44(39)38-21-11-12-22-40(38)45-41/h1-28H/i23D,24D,25D,26D. The van der Waals surface area contributed by atoms with E-state index >= 15 is 0 Å². The highest BCUT2D eigenvalue weighted by Gasteiger charge is 2.21. The summed E-state index contributed by atoms with van der Waals surface area (Å²) in [6.07, 6.45) is 0. The number of hydrogen-bond donors (Lipinski definition) is 0. The van der Waals surface area contributed by atoms with Crippen molar-refractivity contribution in [1.82, 2.24) is 0 Å². The first-order valence-corrected chi connectivity index (χ1v) is 15.1. The monoisotopic (exact) mass is 576 g/mol. The molecule has 1 heterocycles. The number of para-hydroxylation sites is 1. The van der Waals surface area contributed by atoms with Gasteiger partial charge in [0.2, 0.25) is 0 Å². The van der Waals surface area contributed by atoms with Crippen molar-refractivity contribution in [3.8, 4) is 44.5 Å². The van der Waals surface area contributed by atoms with E-state index in [1.165, 1.54) is 0 Å². The molecule has 0 aliphatic carbocycles. The Morgan fingerprint density at radius 3 is 1.42 bits per heavy atom. The fraction of sp³-hybridized carbons (Fsp3) is 0. The average molecular weight is 577 g/mol. The molecule has 8 aromatic carbocycles. The van der Waals surface area contributed by atoms with Crippen molar-refractivity contribution in [2.24, 2.45) is 0 Å². The Balaban J connectivity index is 1.43. The maximum Gasteiger partial charge on any atom is 0.136 e. The summed E-state index contributed by atoms with van der Waals surface area (Å²) >= 11 is 0. The van der Waals surface area contributed by atoms with Crippen molar-refractivity contribution in [1.29, 1.82) is 0 Å². The molecule has 0 N–H and O–H groups in total. The zero-order chi connectivity index (χ0) is 33.2. The number of rotatable bonds is 4. The number of hydrogen-bond acceptors (Lipinski definition) is 1. The predicted octanol–water partition coefficient (Wildman–Crippen LogP) is 12.6. The van der Waals surface area contributed by atoms with Crippen LogP contribution in [0.4, 0.5) is 0 Å². The van der Waals surface area contributed by atoms with E-state index < -0.39 is 0 Å². The molecule has 45 heavy (non-hydrogen) atoms. The van der Waals surface area contributed by atoms with E-state index in [-0.39, 0.29) is 24.2 Å². The topological polar surface area (TPSA) is 13.1 Å². The SMILES string of the molecule is [2H]c1c([2H])c(-c2c3ccccc3c(-c3cc(-c4ccccc4)cc4oc5ccccc5c34)c3ccccc23)c([2H])c([2H])c1-c1ccccc1. The molecule has 0 saturated carbocycles. The van der Waals surface area contributed by atoms with E-state index in [4.69, 9.17) is 7.16 Å². The molecule has 1 aromatic heterocycles. The Hall–Kier alpha value is -5.92. The van der Waals surface area contributed by atoms with E-state index in [9.17, 15) is 2.74 Å². The third-order valence-corrected chi connectivity index (χ3v) is 8.72. The number of benzene rings is 8. The second-order valence-electron chi connectivity index (χ2n) is 11.3. The van der Waals surface area contributed by atoms with Crippen molar-refractivity contribution in [3.05, 3.63) is 170 Å². The van der Waals surface area contributed by atoms with Gasteiger partial charge in [0.15, 0.2) is 0 Å². The Bertz CT molecular complexity index is 2660. The summed E-state index contributed by atoms with van der Waals surface area (Å²) in [7, 11) is 0. The third kappa shape index (κ3) is 4.17. The van der Waals surface area contributed by atoms with E-state index in [1.807, 2.05) is 103 Å². The van der Waals surface area contributed by atoms with Gasteiger partial charge < -0.3 is 4.42 Å². The van der Waals surface area contributed by atoms with Crippen LogP contribution in [-0.4, -0.2) is 0 Å². The summed E-state index contributed by atoms with van der Waals surface area (Å²) in [4.78, 5) is 0. The molecule has 0 spiro atoms. The lowest BCUT2D eigenvalue weighted by atomic mass is 9.84. The van der Waals surface area contributed by atoms with Gasteiger partial charge in [0.1, 0.15) is 11.2 Å². The fourth-order valence-corrected chi connectivity index (χ4v) is 6.72. The molecule has 1 nitrogen and oxygen atoms in total. The maximum atomic E-state index is 9.33. The van der Waals surface area contributed by atoms with Crippen molar-refractivity contribution in [2.45, 2.75) is 0 Å². The first-order chi connectivity index (χ1) is 24.0. The van der Waals surface area contributed by atoms with Crippen molar-refractivity contribution in [2.75, 3.05) is 0 Å². The van der Waals surface area contributed by atoms with Crippen LogP contribution in [0.1, 0.15) is 5.48 Å². The van der Waals surface area contributed by atoms with E-state index in [0.29, 0.717) is 22.3 Å². The lowest BCUT2D eigenvalue weighted by molar-refractivity contribution is 0.669. The smallest absolute Gasteiger partial charge is 0.136 e. The molecule has 0 fully saturated rings. The molecule has 0 aliphatic heterocycles. The van der Waals surface area contributed by atoms with Gasteiger partial charge in [-0.1, -0.05) is 152 Å². The van der Waals surface area contributed by atoms with Crippen LogP contribution in [0.25, 0.3) is 88.0 Å². The minimum Gasteiger partial charge on any atom is -0.456 e. The van der Waals surface area contributed by atoms with Gasteiger partial charge in [-0.05, 0) is 84.3 Å². The van der Waals surface area contributed by atoms with Gasteiger partial charge in [0, 0.05) is 10.8 Å². The maximum absolute atomic E-state index is 9.33. The Kier molecular flexibility index (Phi) is 5.00. The lowest BCUT2D eigenvalue weighted by Gasteiger charge is -2.19. The van der Waals surface area contributed by atoms with Crippen LogP contribution in [0, 0.1) is 0 Å². The Morgan fingerprint density at radius 1 is 0.356 bits per heavy atom. The molecule has 210 valence electrons. The van der Waals surface area contributed by atoms with Gasteiger partial charge in [-0.2, -0.15) is 0 Å². The van der Waals surface area contributed by atoms with Crippen LogP contribution in [0.5, 0.6) is 0 Å². The molecule has 0 aliphatic rings. The molecule has 9 aromatic rings. The van der Waals surface area contributed by atoms with Crippen molar-refractivity contribution in [3.63, 3.8) is 0 Å². The molecule has 0 amide bonds. The number of furan rings is 1. The quantitative estimate of drug-likeness (QED) is 0.190. The molecule has 0 saturated heterocycles. The summed E-state index contributed by atoms with van der Waals surface area (Å²) in [5, 5.41) is 5.68. The van der Waals surface area contributed by atoms with Crippen LogP contribution in [0.2, 0.25) is 0 Å². The van der Waals surface area contributed by atoms with Gasteiger partial charge in [0.05, 0.1) is 5.48 Å². The van der Waals surface area contributed by atoms with E-state index in [1.54, 1.807) is 0 Å². The fourth-order valence-electron chi connectivity index (χ4n) is 6.72. The molecule has 0 unspecified atom stereocenters. The second kappa shape index (κ2) is 10.4. The summed E-state index contributed by atoms with van der Waals surface area (Å²) in [6.45, 7) is 0. The van der Waals surface area contributed by atoms with Gasteiger partial charge in [-0.3, -0.25) is 0 Å². The van der Waals surface area contributed by atoms with Gasteiger partial charge in [-0.25, -0.2) is 0 Å². The minimum atomic E-state index is -0.0581. The van der Waals surface area contributed by atoms with Crippen molar-refractivity contribution >= 4 is 43.5 Å². The van der Waals surface area contributed by atoms with E-state index in [2.05, 4.69) is 42.5 Å². The molecule has 0 radical (unpaired) electrons. The first kappa shape index (κ1) is 21.7. The highest BCUT2D eigenvalue weighted by molar-refractivity contribution is 6.26. The molecular formula is C44H28O. The molecule has 0 bridgehead atoms. The summed E-state index contributed by atoms with van der Waals surface area (Å²) in [5.74, 6) is 0. The van der Waals surface area contributed by atoms with Crippen LogP contribution < -0.4 is 0 Å². The lowest BCUT2D eigenvalue weighted by Crippen LogP contribution is -1.92. The van der Waals surface area contributed by atoms with Crippen LogP contribution in [0.3, 0.4) is 0 Å². The van der Waals surface area contributed by atoms with Crippen LogP contribution in [-0.2, 0) is 0 Å². The predicted molar refractivity (Wildman–Crippen MR) is 190 cm³/mol. The van der Waals surface area contributed by atoms with Gasteiger partial charge >= 0.3 is 0 Å². The highest BCUT2D eigenvalue weighted by atomic mass is 16.3. The van der Waals surface area contributed by atoms with Crippen LogP contribution >= 0.6 is 0 Å². The zero-order valence-electron chi connectivity index (χ0n) is 28.3. The average Bonchev–Trinajstić information content (AvgIpc) is 3.53. The van der Waals surface area contributed by atoms with Crippen LogP contribution in [0.15, 0.2) is 174 Å². The number of fused-ring (bicyclic) bond motifs is 5. The normalized spacial score (nSPS) is 12.8. The van der Waals surface area contributed by atoms with Gasteiger partial charge in [0.25, 0.3) is 0 Å². The highest BCUT2D eigenvalue weighted by Crippen LogP contribution is 2.48. The van der Waals surface area contributed by atoms with E-state index in [0.717, 1.165) is 65.7 Å². The van der Waals surface area contributed by atoms with Crippen molar-refractivity contribution < 1.29 is 9.90 Å². The largest absolute Gasteiger partial charge is 0.456 e. The molecule has 9 rings (SSSR count). The first-order valence-electron chi connectivity index (χ1n) is 17.1. The minimum absolute atomic E-state index is 0.0541. The third-order valence-electron chi connectivity index (χ3n) is 8.72. The second-order valence-corrected chi connectivity index (χ2v) is 11.3. The summed E-state index contributed by atoms with van der Waals surface area (Å²) in [6, 6.07) is 48.0. The molecular weight excluding hydrogens is 544 g/mol.